The molecule has 3 amide bonds. The van der Waals surface area contributed by atoms with Crippen molar-refractivity contribution in [3.8, 4) is 0 Å². The van der Waals surface area contributed by atoms with E-state index in [4.69, 9.17) is 11.5 Å². The molecule has 2 bridgehead atoms. The highest BCUT2D eigenvalue weighted by Crippen LogP contribution is 2.41. The van der Waals surface area contributed by atoms with Crippen LogP contribution in [0.5, 0.6) is 0 Å². The summed E-state index contributed by atoms with van der Waals surface area (Å²) in [5.74, 6) is -0.180. The van der Waals surface area contributed by atoms with Crippen molar-refractivity contribution in [1.29, 1.82) is 0 Å². The van der Waals surface area contributed by atoms with Crippen molar-refractivity contribution in [1.82, 2.24) is 4.90 Å². The molecule has 4 N–H and O–H groups in total. The molecule has 1 saturated heterocycles. The maximum Gasteiger partial charge on any atom is 0.315 e. The second kappa shape index (κ2) is 2.61. The van der Waals surface area contributed by atoms with Gasteiger partial charge in [-0.3, -0.25) is 4.79 Å². The van der Waals surface area contributed by atoms with E-state index in [2.05, 4.69) is 0 Å². The molecule has 2 rings (SSSR count). The molecule has 3 unspecified atom stereocenters. The Hall–Kier alpha value is -1.26. The van der Waals surface area contributed by atoms with Gasteiger partial charge in [-0.2, -0.15) is 0 Å². The van der Waals surface area contributed by atoms with E-state index in [1.165, 1.54) is 4.90 Å². The first-order valence-electron chi connectivity index (χ1n) is 4.48. The van der Waals surface area contributed by atoms with Crippen molar-refractivity contribution >= 4 is 11.9 Å². The minimum atomic E-state index is -0.518. The number of fused-ring (bicyclic) bond motifs is 2. The van der Waals surface area contributed by atoms with Gasteiger partial charge in [0.2, 0.25) is 5.91 Å². The van der Waals surface area contributed by atoms with Crippen molar-refractivity contribution in [3.05, 3.63) is 0 Å². The Bertz CT molecular complexity index is 240. The molecule has 2 aliphatic rings. The summed E-state index contributed by atoms with van der Waals surface area (Å²) in [6.07, 6.45) is 2.83. The normalized spacial score (nSPS) is 36.6. The lowest BCUT2D eigenvalue weighted by Gasteiger charge is -2.31. The van der Waals surface area contributed by atoms with Gasteiger partial charge in [0.1, 0.15) is 6.04 Å². The van der Waals surface area contributed by atoms with E-state index < -0.39 is 18.0 Å². The summed E-state index contributed by atoms with van der Waals surface area (Å²) in [4.78, 5) is 23.6. The van der Waals surface area contributed by atoms with Gasteiger partial charge < -0.3 is 16.4 Å². The van der Waals surface area contributed by atoms with E-state index in [1.807, 2.05) is 0 Å². The number of carbonyl (C=O) groups excluding carboxylic acids is 2. The minimum Gasteiger partial charge on any atom is -0.368 e. The smallest absolute Gasteiger partial charge is 0.315 e. The number of carbonyl (C=O) groups is 2. The summed E-state index contributed by atoms with van der Waals surface area (Å²) in [5, 5.41) is 0. The quantitative estimate of drug-likeness (QED) is 0.568. The zero-order valence-electron chi connectivity index (χ0n) is 7.27. The summed E-state index contributed by atoms with van der Waals surface area (Å²) in [7, 11) is 0. The van der Waals surface area contributed by atoms with Crippen molar-refractivity contribution in [2.45, 2.75) is 31.3 Å². The number of nitrogens with zero attached hydrogens (tertiary/aromatic N) is 1. The third-order valence-corrected chi connectivity index (χ3v) is 3.13. The van der Waals surface area contributed by atoms with Crippen LogP contribution >= 0.6 is 0 Å². The first-order chi connectivity index (χ1) is 6.11. The molecule has 0 aromatic carbocycles. The number of likely N-dealkylation sites (tertiary alicyclic amines) is 1. The molecule has 1 heterocycles. The predicted molar refractivity (Wildman–Crippen MR) is 45.5 cm³/mol. The number of piperidine rings is 1. The van der Waals surface area contributed by atoms with E-state index in [9.17, 15) is 9.59 Å². The number of nitrogens with two attached hydrogens (primary N) is 2. The number of urea groups is 1. The zero-order chi connectivity index (χ0) is 9.59. The molecule has 72 valence electrons. The molecule has 3 atom stereocenters. The first kappa shape index (κ1) is 8.34. The standard InChI is InChI=1S/C8H13N3O2/c9-7(12)6-4-1-2-5(3-4)11(6)8(10)13/h4-6H,1-3H2,(H2,9,12)(H2,10,13). The van der Waals surface area contributed by atoms with Crippen LogP contribution in [0.4, 0.5) is 4.79 Å². The molecule has 2 fully saturated rings. The minimum absolute atomic E-state index is 0.153. The Balaban J connectivity index is 2.24. The van der Waals surface area contributed by atoms with Crippen LogP contribution in [0.1, 0.15) is 19.3 Å². The lowest BCUT2D eigenvalue weighted by molar-refractivity contribution is -0.123. The van der Waals surface area contributed by atoms with E-state index in [1.54, 1.807) is 0 Å². The van der Waals surface area contributed by atoms with E-state index in [0.29, 0.717) is 0 Å². The van der Waals surface area contributed by atoms with Gasteiger partial charge in [-0.15, -0.1) is 0 Å². The van der Waals surface area contributed by atoms with Crippen LogP contribution in [-0.4, -0.2) is 28.9 Å². The Labute approximate surface area is 76.0 Å². The molecular weight excluding hydrogens is 170 g/mol. The number of hydrogen-bond acceptors (Lipinski definition) is 2. The Morgan fingerprint density at radius 2 is 1.92 bits per heavy atom. The second-order valence-electron chi connectivity index (χ2n) is 3.82. The van der Waals surface area contributed by atoms with Crippen LogP contribution in [0.2, 0.25) is 0 Å². The molecule has 0 aromatic rings. The SMILES string of the molecule is NC(=O)C1C2CCC(C2)N1C(N)=O. The van der Waals surface area contributed by atoms with E-state index in [0.717, 1.165) is 19.3 Å². The lowest BCUT2D eigenvalue weighted by Crippen LogP contribution is -2.53. The molecule has 5 nitrogen and oxygen atoms in total. The highest BCUT2D eigenvalue weighted by atomic mass is 16.2. The average Bonchev–Trinajstić information content (AvgIpc) is 2.60. The maximum absolute atomic E-state index is 11.1. The number of primary amides is 2. The van der Waals surface area contributed by atoms with Gasteiger partial charge in [0.25, 0.3) is 0 Å². The van der Waals surface area contributed by atoms with Crippen molar-refractivity contribution in [2.24, 2.45) is 17.4 Å². The molecule has 1 saturated carbocycles. The Kier molecular flexibility index (Phi) is 1.68. The highest BCUT2D eigenvalue weighted by molar-refractivity contribution is 5.86. The third-order valence-electron chi connectivity index (χ3n) is 3.13. The Morgan fingerprint density at radius 1 is 1.23 bits per heavy atom. The summed E-state index contributed by atoms with van der Waals surface area (Å²) >= 11 is 0. The number of hydrogen-bond donors (Lipinski definition) is 2. The van der Waals surface area contributed by atoms with Gasteiger partial charge >= 0.3 is 6.03 Å². The molecule has 0 aromatic heterocycles. The third kappa shape index (κ3) is 1.07. The topological polar surface area (TPSA) is 89.4 Å². The van der Waals surface area contributed by atoms with Crippen LogP contribution in [0.15, 0.2) is 0 Å². The van der Waals surface area contributed by atoms with Gasteiger partial charge in [0, 0.05) is 6.04 Å². The van der Waals surface area contributed by atoms with Gasteiger partial charge in [-0.05, 0) is 25.2 Å². The highest BCUT2D eigenvalue weighted by Gasteiger charge is 2.49. The van der Waals surface area contributed by atoms with Crippen molar-refractivity contribution in [2.75, 3.05) is 0 Å². The molecule has 1 aliphatic heterocycles. The monoisotopic (exact) mass is 183 g/mol. The summed E-state index contributed by atoms with van der Waals surface area (Å²) in [5.41, 5.74) is 10.4. The molecule has 1 aliphatic carbocycles. The van der Waals surface area contributed by atoms with Crippen LogP contribution in [0, 0.1) is 5.92 Å². The zero-order valence-corrected chi connectivity index (χ0v) is 7.27. The molecule has 0 spiro atoms. The van der Waals surface area contributed by atoms with Gasteiger partial charge in [0.05, 0.1) is 0 Å². The number of amides is 3. The average molecular weight is 183 g/mol. The van der Waals surface area contributed by atoms with Gasteiger partial charge in [-0.25, -0.2) is 4.79 Å². The molecule has 0 radical (unpaired) electrons. The van der Waals surface area contributed by atoms with Crippen molar-refractivity contribution in [3.63, 3.8) is 0 Å². The molecule has 13 heavy (non-hydrogen) atoms. The summed E-state index contributed by atoms with van der Waals surface area (Å²) < 4.78 is 0. The first-order valence-corrected chi connectivity index (χ1v) is 4.48. The maximum atomic E-state index is 11.1. The van der Waals surface area contributed by atoms with Crippen molar-refractivity contribution < 1.29 is 9.59 Å². The van der Waals surface area contributed by atoms with Crippen LogP contribution in [0.3, 0.4) is 0 Å². The molecular formula is C8H13N3O2. The number of rotatable bonds is 1. The van der Waals surface area contributed by atoms with E-state index in [-0.39, 0.29) is 12.0 Å². The second-order valence-corrected chi connectivity index (χ2v) is 3.82. The van der Waals surface area contributed by atoms with Crippen LogP contribution in [0.25, 0.3) is 0 Å². The van der Waals surface area contributed by atoms with Gasteiger partial charge in [0.15, 0.2) is 0 Å². The lowest BCUT2D eigenvalue weighted by atomic mass is 9.98. The predicted octanol–water partition coefficient (Wildman–Crippen LogP) is -0.597. The fourth-order valence-corrected chi connectivity index (χ4v) is 2.67. The van der Waals surface area contributed by atoms with Crippen LogP contribution in [-0.2, 0) is 4.79 Å². The fraction of sp³-hybridized carbons (Fsp3) is 0.750. The largest absolute Gasteiger partial charge is 0.368 e. The van der Waals surface area contributed by atoms with Crippen LogP contribution < -0.4 is 11.5 Å². The summed E-state index contributed by atoms with van der Waals surface area (Å²) in [6.45, 7) is 0. The van der Waals surface area contributed by atoms with Gasteiger partial charge in [-0.1, -0.05) is 0 Å². The fourth-order valence-electron chi connectivity index (χ4n) is 2.67. The Morgan fingerprint density at radius 3 is 2.38 bits per heavy atom. The summed E-state index contributed by atoms with van der Waals surface area (Å²) in [6, 6.07) is -0.813. The molecule has 5 heteroatoms. The van der Waals surface area contributed by atoms with E-state index >= 15 is 0 Å².